The summed E-state index contributed by atoms with van der Waals surface area (Å²) in [6.07, 6.45) is 0.764. The number of benzene rings is 2. The van der Waals surface area contributed by atoms with Crippen LogP contribution < -0.4 is 5.32 Å². The van der Waals surface area contributed by atoms with Crippen LogP contribution in [0.3, 0.4) is 0 Å². The molecule has 0 saturated carbocycles. The third kappa shape index (κ3) is 6.14. The molecule has 1 amide bonds. The number of nitrogens with zero attached hydrogens (tertiary/aromatic N) is 3. The predicted molar refractivity (Wildman–Crippen MR) is 127 cm³/mol. The minimum absolute atomic E-state index is 0.208. The molecule has 3 aromatic rings. The molecular formula is C21H21Cl3N4O2S. The van der Waals surface area contributed by atoms with E-state index in [1.54, 1.807) is 32.2 Å². The molecule has 31 heavy (non-hydrogen) atoms. The Balaban J connectivity index is 1.80. The molecule has 0 bridgehead atoms. The molecule has 0 aliphatic rings. The lowest BCUT2D eigenvalue weighted by molar-refractivity contribution is -0.115. The fraction of sp³-hybridized carbons (Fsp3) is 0.286. The summed E-state index contributed by atoms with van der Waals surface area (Å²) in [4.78, 5) is 12.7. The van der Waals surface area contributed by atoms with Crippen LogP contribution >= 0.6 is 46.6 Å². The van der Waals surface area contributed by atoms with Gasteiger partial charge in [0.25, 0.3) is 0 Å². The van der Waals surface area contributed by atoms with E-state index >= 15 is 0 Å². The molecular weight excluding hydrogens is 479 g/mol. The summed E-state index contributed by atoms with van der Waals surface area (Å²) in [5.74, 6) is 0.442. The molecule has 0 saturated heterocycles. The maximum absolute atomic E-state index is 12.7. The molecule has 1 unspecified atom stereocenters. The Morgan fingerprint density at radius 2 is 1.94 bits per heavy atom. The fourth-order valence-electron chi connectivity index (χ4n) is 2.82. The Labute approximate surface area is 200 Å². The van der Waals surface area contributed by atoms with E-state index in [-0.39, 0.29) is 5.91 Å². The number of nitrogens with one attached hydrogen (secondary N) is 1. The van der Waals surface area contributed by atoms with Crippen LogP contribution in [0.25, 0.3) is 11.4 Å². The average Bonchev–Trinajstić information content (AvgIpc) is 3.12. The van der Waals surface area contributed by atoms with E-state index < -0.39 is 5.25 Å². The Hall–Kier alpha value is -1.77. The molecule has 0 aliphatic heterocycles. The lowest BCUT2D eigenvalue weighted by Gasteiger charge is -2.15. The summed E-state index contributed by atoms with van der Waals surface area (Å²) in [5, 5.41) is 13.1. The number of methoxy groups -OCH3 is 1. The van der Waals surface area contributed by atoms with Crippen molar-refractivity contribution in [1.82, 2.24) is 14.8 Å². The zero-order valence-electron chi connectivity index (χ0n) is 16.9. The van der Waals surface area contributed by atoms with E-state index in [0.29, 0.717) is 44.9 Å². The quantitative estimate of drug-likeness (QED) is 0.286. The molecule has 0 spiro atoms. The number of amides is 1. The Morgan fingerprint density at radius 1 is 1.16 bits per heavy atom. The first kappa shape index (κ1) is 23.9. The Kier molecular flexibility index (Phi) is 8.63. The highest BCUT2D eigenvalue weighted by atomic mass is 35.5. The standard InChI is InChI=1S/C21H21Cl3N4O2S/c1-13(20(29)25-18-9-8-14(22)12-17(18)24)31-21-27-26-19(28(21)10-5-11-30-2)15-6-3-4-7-16(15)23/h3-4,6-9,12-13H,5,10-11H2,1-2H3,(H,25,29). The van der Waals surface area contributed by atoms with E-state index in [9.17, 15) is 4.79 Å². The maximum Gasteiger partial charge on any atom is 0.237 e. The fourth-order valence-corrected chi connectivity index (χ4v) is 4.37. The number of carbonyl (C=O) groups is 1. The molecule has 164 valence electrons. The van der Waals surface area contributed by atoms with Gasteiger partial charge in [0.15, 0.2) is 11.0 Å². The molecule has 1 N–H and O–H groups in total. The van der Waals surface area contributed by atoms with Crippen LogP contribution in [0.4, 0.5) is 5.69 Å². The van der Waals surface area contributed by atoms with Gasteiger partial charge in [0.2, 0.25) is 5.91 Å². The van der Waals surface area contributed by atoms with Gasteiger partial charge in [-0.15, -0.1) is 10.2 Å². The lowest BCUT2D eigenvalue weighted by atomic mass is 10.2. The van der Waals surface area contributed by atoms with Gasteiger partial charge in [-0.1, -0.05) is 58.7 Å². The highest BCUT2D eigenvalue weighted by Gasteiger charge is 2.22. The van der Waals surface area contributed by atoms with Crippen molar-refractivity contribution in [3.8, 4) is 11.4 Å². The summed E-state index contributed by atoms with van der Waals surface area (Å²) >= 11 is 19.8. The molecule has 1 aromatic heterocycles. The number of halogens is 3. The molecule has 0 aliphatic carbocycles. The van der Waals surface area contributed by atoms with Gasteiger partial charge >= 0.3 is 0 Å². The Morgan fingerprint density at radius 3 is 2.65 bits per heavy atom. The predicted octanol–water partition coefficient (Wildman–Crippen LogP) is 6.06. The maximum atomic E-state index is 12.7. The number of carbonyl (C=O) groups excluding carboxylic acids is 1. The van der Waals surface area contributed by atoms with Crippen LogP contribution in [-0.4, -0.2) is 39.6 Å². The average molecular weight is 500 g/mol. The Bertz CT molecular complexity index is 1060. The zero-order valence-corrected chi connectivity index (χ0v) is 20.0. The highest BCUT2D eigenvalue weighted by molar-refractivity contribution is 8.00. The topological polar surface area (TPSA) is 69.0 Å². The van der Waals surface area contributed by atoms with Crippen molar-refractivity contribution >= 4 is 58.2 Å². The van der Waals surface area contributed by atoms with Crippen molar-refractivity contribution < 1.29 is 9.53 Å². The van der Waals surface area contributed by atoms with E-state index in [4.69, 9.17) is 39.5 Å². The van der Waals surface area contributed by atoms with E-state index in [1.165, 1.54) is 11.8 Å². The highest BCUT2D eigenvalue weighted by Crippen LogP contribution is 2.32. The third-order valence-corrected chi connectivity index (χ3v) is 6.36. The first-order chi connectivity index (χ1) is 14.9. The summed E-state index contributed by atoms with van der Waals surface area (Å²) in [5.41, 5.74) is 1.29. The molecule has 10 heteroatoms. The molecule has 1 atom stereocenters. The molecule has 1 heterocycles. The van der Waals surface area contributed by atoms with Gasteiger partial charge in [0.05, 0.1) is 21.0 Å². The summed E-state index contributed by atoms with van der Waals surface area (Å²) in [6.45, 7) is 3.02. The van der Waals surface area contributed by atoms with Crippen LogP contribution in [0.5, 0.6) is 0 Å². The number of aromatic nitrogens is 3. The second-order valence-corrected chi connectivity index (χ2v) is 9.22. The summed E-state index contributed by atoms with van der Waals surface area (Å²) < 4.78 is 7.14. The molecule has 2 aromatic carbocycles. The first-order valence-electron chi connectivity index (χ1n) is 9.50. The normalized spacial score (nSPS) is 12.0. The van der Waals surface area contributed by atoms with E-state index in [1.807, 2.05) is 28.8 Å². The number of hydrogen-bond donors (Lipinski definition) is 1. The largest absolute Gasteiger partial charge is 0.385 e. The third-order valence-electron chi connectivity index (χ3n) is 4.40. The van der Waals surface area contributed by atoms with Gasteiger partial charge in [0, 0.05) is 30.8 Å². The van der Waals surface area contributed by atoms with Gasteiger partial charge in [-0.2, -0.15) is 0 Å². The van der Waals surface area contributed by atoms with Crippen LogP contribution in [0.15, 0.2) is 47.6 Å². The SMILES string of the molecule is COCCCn1c(SC(C)C(=O)Nc2ccc(Cl)cc2Cl)nnc1-c1ccccc1Cl. The molecule has 0 fully saturated rings. The zero-order chi connectivity index (χ0) is 22.4. The van der Waals surface area contributed by atoms with Crippen molar-refractivity contribution in [2.24, 2.45) is 0 Å². The van der Waals surface area contributed by atoms with Crippen LogP contribution in [0, 0.1) is 0 Å². The van der Waals surface area contributed by atoms with Crippen LogP contribution in [0.2, 0.25) is 15.1 Å². The van der Waals surface area contributed by atoms with Crippen molar-refractivity contribution in [1.29, 1.82) is 0 Å². The first-order valence-corrected chi connectivity index (χ1v) is 11.5. The second kappa shape index (κ2) is 11.2. The minimum atomic E-state index is -0.448. The van der Waals surface area contributed by atoms with E-state index in [0.717, 1.165) is 12.0 Å². The summed E-state index contributed by atoms with van der Waals surface area (Å²) in [6, 6.07) is 12.4. The van der Waals surface area contributed by atoms with Gasteiger partial charge in [-0.3, -0.25) is 4.79 Å². The van der Waals surface area contributed by atoms with Gasteiger partial charge in [-0.25, -0.2) is 0 Å². The van der Waals surface area contributed by atoms with Crippen molar-refractivity contribution in [3.05, 3.63) is 57.5 Å². The monoisotopic (exact) mass is 498 g/mol. The number of rotatable bonds is 9. The molecule has 6 nitrogen and oxygen atoms in total. The minimum Gasteiger partial charge on any atom is -0.385 e. The van der Waals surface area contributed by atoms with Gasteiger partial charge in [0.1, 0.15) is 0 Å². The number of thioether (sulfide) groups is 1. The summed E-state index contributed by atoms with van der Waals surface area (Å²) in [7, 11) is 1.66. The number of ether oxygens (including phenoxy) is 1. The van der Waals surface area contributed by atoms with Crippen molar-refractivity contribution in [2.75, 3.05) is 19.0 Å². The van der Waals surface area contributed by atoms with Gasteiger partial charge in [-0.05, 0) is 43.7 Å². The van der Waals surface area contributed by atoms with Crippen LogP contribution in [-0.2, 0) is 16.1 Å². The van der Waals surface area contributed by atoms with Gasteiger partial charge < -0.3 is 14.6 Å². The van der Waals surface area contributed by atoms with Crippen molar-refractivity contribution in [3.63, 3.8) is 0 Å². The number of anilines is 1. The lowest BCUT2D eigenvalue weighted by Crippen LogP contribution is -2.23. The van der Waals surface area contributed by atoms with Crippen molar-refractivity contribution in [2.45, 2.75) is 30.3 Å². The van der Waals surface area contributed by atoms with E-state index in [2.05, 4.69) is 15.5 Å². The second-order valence-electron chi connectivity index (χ2n) is 6.66. The molecule has 3 rings (SSSR count). The molecule has 0 radical (unpaired) electrons. The van der Waals surface area contributed by atoms with Crippen LogP contribution in [0.1, 0.15) is 13.3 Å². The smallest absolute Gasteiger partial charge is 0.237 e. The number of hydrogen-bond acceptors (Lipinski definition) is 5.